The molecule has 1 aromatic rings. The zero-order valence-corrected chi connectivity index (χ0v) is 14.1. The van der Waals surface area contributed by atoms with Crippen molar-refractivity contribution in [2.24, 2.45) is 11.8 Å². The summed E-state index contributed by atoms with van der Waals surface area (Å²) in [5.74, 6) is 8.53. The van der Waals surface area contributed by atoms with Gasteiger partial charge in [-0.15, -0.1) is 0 Å². The largest absolute Gasteiger partial charge is 0.340 e. The molecule has 2 amide bonds. The predicted octanol–water partition coefficient (Wildman–Crippen LogP) is 1.96. The van der Waals surface area contributed by atoms with Crippen LogP contribution in [0.4, 0.5) is 8.78 Å². The van der Waals surface area contributed by atoms with Gasteiger partial charge in [0.1, 0.15) is 6.04 Å². The molecular formula is C19H18F2N2O3. The molecule has 5 nitrogen and oxygen atoms in total. The summed E-state index contributed by atoms with van der Waals surface area (Å²) in [6.45, 7) is 1.10. The van der Waals surface area contributed by atoms with Crippen molar-refractivity contribution in [2.75, 3.05) is 0 Å². The zero-order valence-electron chi connectivity index (χ0n) is 14.1. The first-order chi connectivity index (χ1) is 12.4. The van der Waals surface area contributed by atoms with Crippen LogP contribution in [-0.4, -0.2) is 29.5 Å². The van der Waals surface area contributed by atoms with Gasteiger partial charge >= 0.3 is 0 Å². The molecule has 7 heteroatoms. The van der Waals surface area contributed by atoms with Crippen LogP contribution in [0.25, 0.3) is 0 Å². The number of alkyl halides is 2. The molecule has 0 saturated heterocycles. The molecule has 136 valence electrons. The third kappa shape index (κ3) is 5.58. The molecule has 1 saturated carbocycles. The number of hydrogen-bond acceptors (Lipinski definition) is 3. The number of rotatable bonds is 5. The van der Waals surface area contributed by atoms with Crippen molar-refractivity contribution in [2.45, 2.75) is 32.2 Å². The van der Waals surface area contributed by atoms with E-state index in [1.54, 1.807) is 12.1 Å². The lowest BCUT2D eigenvalue weighted by Crippen LogP contribution is -2.51. The molecule has 3 N–H and O–H groups in total. The van der Waals surface area contributed by atoms with Crippen LogP contribution in [0.2, 0.25) is 0 Å². The molecule has 2 rings (SSSR count). The number of halogens is 2. The number of hydroxylamine groups is 1. The SMILES string of the molecule is C[C@@H](C(F)F)[C@H](NC(=O)c1ccc(C#CC#CC2CC2)cc1)C(=O)NO. The molecule has 0 spiro atoms. The fourth-order valence-electron chi connectivity index (χ4n) is 2.05. The first kappa shape index (κ1) is 19.4. The molecular weight excluding hydrogens is 342 g/mol. The van der Waals surface area contributed by atoms with E-state index in [-0.39, 0.29) is 5.56 Å². The van der Waals surface area contributed by atoms with Crippen molar-refractivity contribution in [3.63, 3.8) is 0 Å². The summed E-state index contributed by atoms with van der Waals surface area (Å²) in [6, 6.07) is 4.56. The first-order valence-electron chi connectivity index (χ1n) is 8.07. The van der Waals surface area contributed by atoms with Crippen molar-refractivity contribution >= 4 is 11.8 Å². The van der Waals surface area contributed by atoms with Crippen molar-refractivity contribution in [3.8, 4) is 23.7 Å². The molecule has 0 radical (unpaired) electrons. The fourth-order valence-corrected chi connectivity index (χ4v) is 2.05. The van der Waals surface area contributed by atoms with Gasteiger partial charge in [0.15, 0.2) is 0 Å². The van der Waals surface area contributed by atoms with E-state index < -0.39 is 30.2 Å². The Morgan fingerprint density at radius 3 is 2.38 bits per heavy atom. The summed E-state index contributed by atoms with van der Waals surface area (Å²) in [5, 5.41) is 10.9. The topological polar surface area (TPSA) is 78.4 Å². The smallest absolute Gasteiger partial charge is 0.266 e. The molecule has 1 aromatic carbocycles. The van der Waals surface area contributed by atoms with Gasteiger partial charge in [-0.3, -0.25) is 14.8 Å². The van der Waals surface area contributed by atoms with E-state index >= 15 is 0 Å². The van der Waals surface area contributed by atoms with Crippen LogP contribution in [0.3, 0.4) is 0 Å². The summed E-state index contributed by atoms with van der Waals surface area (Å²) in [6.07, 6.45) is -0.595. The Bertz CT molecular complexity index is 781. The Morgan fingerprint density at radius 1 is 1.19 bits per heavy atom. The Balaban J connectivity index is 2.03. The van der Waals surface area contributed by atoms with Crippen molar-refractivity contribution < 1.29 is 23.6 Å². The highest BCUT2D eigenvalue weighted by atomic mass is 19.3. The first-order valence-corrected chi connectivity index (χ1v) is 8.07. The summed E-state index contributed by atoms with van der Waals surface area (Å²) >= 11 is 0. The molecule has 26 heavy (non-hydrogen) atoms. The van der Waals surface area contributed by atoms with Gasteiger partial charge in [-0.05, 0) is 48.9 Å². The Kier molecular flexibility index (Phi) is 6.71. The maximum Gasteiger partial charge on any atom is 0.266 e. The van der Waals surface area contributed by atoms with Crippen molar-refractivity contribution in [3.05, 3.63) is 35.4 Å². The lowest BCUT2D eigenvalue weighted by Gasteiger charge is -2.22. The second kappa shape index (κ2) is 8.98. The van der Waals surface area contributed by atoms with Crippen molar-refractivity contribution in [1.82, 2.24) is 10.8 Å². The monoisotopic (exact) mass is 360 g/mol. The van der Waals surface area contributed by atoms with Crippen LogP contribution in [0.15, 0.2) is 24.3 Å². The van der Waals surface area contributed by atoms with Gasteiger partial charge in [0.05, 0.1) is 0 Å². The average molecular weight is 360 g/mol. The highest BCUT2D eigenvalue weighted by Crippen LogP contribution is 2.27. The quantitative estimate of drug-likeness (QED) is 0.427. The minimum Gasteiger partial charge on any atom is -0.340 e. The lowest BCUT2D eigenvalue weighted by molar-refractivity contribution is -0.134. The Hall–Kier alpha value is -2.90. The molecule has 0 aliphatic heterocycles. The summed E-state index contributed by atoms with van der Waals surface area (Å²) < 4.78 is 25.7. The van der Waals surface area contributed by atoms with E-state index in [0.29, 0.717) is 11.5 Å². The lowest BCUT2D eigenvalue weighted by atomic mass is 10.0. The fraction of sp³-hybridized carbons (Fsp3) is 0.368. The predicted molar refractivity (Wildman–Crippen MR) is 90.2 cm³/mol. The van der Waals surface area contributed by atoms with Crippen LogP contribution in [-0.2, 0) is 4.79 Å². The maximum atomic E-state index is 12.8. The standard InChI is InChI=1S/C19H18F2N2O3/c1-12(17(20)21)16(19(25)23-26)22-18(24)15-10-8-14(9-11-15)5-3-2-4-13-6-7-13/h8-13,16-17,26H,6-7H2,1H3,(H,22,24)(H,23,25)/t12-,16+/m1/s1. The van der Waals surface area contributed by atoms with Gasteiger partial charge in [-0.25, -0.2) is 14.3 Å². The number of benzene rings is 1. The van der Waals surface area contributed by atoms with Gasteiger partial charge in [0.25, 0.3) is 11.8 Å². The maximum absolute atomic E-state index is 12.8. The van der Waals surface area contributed by atoms with Gasteiger partial charge < -0.3 is 5.32 Å². The number of hydrogen-bond donors (Lipinski definition) is 3. The van der Waals surface area contributed by atoms with Gasteiger partial charge in [-0.1, -0.05) is 18.8 Å². The second-order valence-electron chi connectivity index (χ2n) is 5.99. The van der Waals surface area contributed by atoms with Crippen LogP contribution < -0.4 is 10.8 Å². The van der Waals surface area contributed by atoms with Crippen molar-refractivity contribution in [1.29, 1.82) is 0 Å². The van der Waals surface area contributed by atoms with E-state index in [4.69, 9.17) is 5.21 Å². The molecule has 2 atom stereocenters. The summed E-state index contributed by atoms with van der Waals surface area (Å²) in [4.78, 5) is 23.7. The van der Waals surface area contributed by atoms with Gasteiger partial charge in [0, 0.05) is 23.0 Å². The minimum absolute atomic E-state index is 0.178. The van der Waals surface area contributed by atoms with E-state index in [1.165, 1.54) is 17.6 Å². The van der Waals surface area contributed by atoms with E-state index in [9.17, 15) is 18.4 Å². The molecule has 0 bridgehead atoms. The highest BCUT2D eigenvalue weighted by Gasteiger charge is 2.32. The molecule has 0 unspecified atom stereocenters. The number of nitrogens with one attached hydrogen (secondary N) is 2. The third-order valence-electron chi connectivity index (χ3n) is 3.87. The highest BCUT2D eigenvalue weighted by molar-refractivity contribution is 5.97. The molecule has 1 aliphatic rings. The minimum atomic E-state index is -2.84. The molecule has 0 heterocycles. The molecule has 0 aromatic heterocycles. The zero-order chi connectivity index (χ0) is 19.1. The molecule has 1 fully saturated rings. The third-order valence-corrected chi connectivity index (χ3v) is 3.87. The Labute approximate surface area is 150 Å². The average Bonchev–Trinajstić information content (AvgIpc) is 3.46. The second-order valence-corrected chi connectivity index (χ2v) is 5.99. The van der Waals surface area contributed by atoms with Crippen LogP contribution in [0, 0.1) is 35.5 Å². The summed E-state index contributed by atoms with van der Waals surface area (Å²) in [5.41, 5.74) is 2.12. The van der Waals surface area contributed by atoms with Gasteiger partial charge in [-0.2, -0.15) is 0 Å². The number of amides is 2. The Morgan fingerprint density at radius 2 is 1.85 bits per heavy atom. The van der Waals surface area contributed by atoms with E-state index in [0.717, 1.165) is 19.8 Å². The van der Waals surface area contributed by atoms with Crippen LogP contribution >= 0.6 is 0 Å². The van der Waals surface area contributed by atoms with Crippen LogP contribution in [0.1, 0.15) is 35.7 Å². The number of carbonyl (C=O) groups excluding carboxylic acids is 2. The van der Waals surface area contributed by atoms with E-state index in [2.05, 4.69) is 29.0 Å². The van der Waals surface area contributed by atoms with Crippen LogP contribution in [0.5, 0.6) is 0 Å². The van der Waals surface area contributed by atoms with Gasteiger partial charge in [0.2, 0.25) is 6.43 Å². The summed E-state index contributed by atoms with van der Waals surface area (Å²) in [7, 11) is 0. The molecule has 1 aliphatic carbocycles. The normalized spacial score (nSPS) is 15.0. The number of carbonyl (C=O) groups is 2. The van der Waals surface area contributed by atoms with E-state index in [1.807, 2.05) is 0 Å².